The van der Waals surface area contributed by atoms with Gasteiger partial charge in [0.15, 0.2) is 5.82 Å². The number of hydrogen-bond acceptors (Lipinski definition) is 4. The molecular formula is C8H10ClF2N3O. The monoisotopic (exact) mass is 237 g/mol. The van der Waals surface area contributed by atoms with Gasteiger partial charge in [-0.2, -0.15) is 13.8 Å². The molecular weight excluding hydrogens is 228 g/mol. The molecule has 0 bridgehead atoms. The molecule has 0 amide bonds. The minimum absolute atomic E-state index is 0.0859. The molecule has 0 radical (unpaired) electrons. The molecule has 0 saturated carbocycles. The smallest absolute Gasteiger partial charge is 0.331 e. The Hall–Kier alpha value is -0.750. The molecule has 0 spiro atoms. The van der Waals surface area contributed by atoms with E-state index in [0.717, 1.165) is 25.9 Å². The second-order valence-electron chi connectivity index (χ2n) is 3.48. The van der Waals surface area contributed by atoms with Gasteiger partial charge in [-0.25, -0.2) is 0 Å². The van der Waals surface area contributed by atoms with Gasteiger partial charge in [0.1, 0.15) is 0 Å². The number of halogens is 3. The molecule has 84 valence electrons. The molecule has 1 aromatic heterocycles. The summed E-state index contributed by atoms with van der Waals surface area (Å²) >= 11 is 4.77. The van der Waals surface area contributed by atoms with Gasteiger partial charge in [0.2, 0.25) is 0 Å². The van der Waals surface area contributed by atoms with Crippen LogP contribution in [0.3, 0.4) is 0 Å². The third-order valence-corrected chi connectivity index (χ3v) is 2.55. The fourth-order valence-corrected chi connectivity index (χ4v) is 1.67. The summed E-state index contributed by atoms with van der Waals surface area (Å²) < 4.78 is 29.6. The second-order valence-corrected chi connectivity index (χ2v) is 3.95. The van der Waals surface area contributed by atoms with Crippen LogP contribution in [0.2, 0.25) is 0 Å². The van der Waals surface area contributed by atoms with Crippen molar-refractivity contribution < 1.29 is 13.3 Å². The lowest BCUT2D eigenvalue weighted by Gasteiger charge is -2.18. The van der Waals surface area contributed by atoms with Gasteiger partial charge in [-0.1, -0.05) is 5.16 Å². The van der Waals surface area contributed by atoms with E-state index >= 15 is 0 Å². The first-order valence-corrected chi connectivity index (χ1v) is 5.06. The van der Waals surface area contributed by atoms with E-state index in [-0.39, 0.29) is 5.92 Å². The first kappa shape index (κ1) is 10.8. The molecule has 2 heterocycles. The Morgan fingerprint density at radius 3 is 2.60 bits per heavy atom. The molecule has 1 aliphatic heterocycles. The van der Waals surface area contributed by atoms with E-state index in [2.05, 4.69) is 20.0 Å². The third-order valence-electron chi connectivity index (χ3n) is 2.39. The Balaban J connectivity index is 2.12. The summed E-state index contributed by atoms with van der Waals surface area (Å²) in [5.41, 5.74) is 0. The fraction of sp³-hybridized carbons (Fsp3) is 0.750. The second kappa shape index (κ2) is 4.02. The van der Waals surface area contributed by atoms with E-state index in [9.17, 15) is 8.78 Å². The minimum atomic E-state index is -3.57. The Bertz CT molecular complexity index is 333. The van der Waals surface area contributed by atoms with Gasteiger partial charge in [-0.05, 0) is 37.5 Å². The summed E-state index contributed by atoms with van der Waals surface area (Å²) in [6.45, 7) is 1.68. The van der Waals surface area contributed by atoms with Gasteiger partial charge >= 0.3 is 11.3 Å². The van der Waals surface area contributed by atoms with Crippen molar-refractivity contribution in [3.63, 3.8) is 0 Å². The maximum atomic E-state index is 12.6. The predicted octanol–water partition coefficient (Wildman–Crippen LogP) is 1.82. The summed E-state index contributed by atoms with van der Waals surface area (Å²) in [7, 11) is 0. The average Bonchev–Trinajstić information content (AvgIpc) is 2.67. The molecule has 0 atom stereocenters. The van der Waals surface area contributed by atoms with Crippen molar-refractivity contribution in [3.8, 4) is 0 Å². The average molecular weight is 238 g/mol. The highest BCUT2D eigenvalue weighted by Crippen LogP contribution is 2.32. The standard InChI is InChI=1S/C8H10ClF2N3O/c9-8(10,11)7-13-6(14-15-7)5-1-3-12-4-2-5/h5,12H,1-4H2. The van der Waals surface area contributed by atoms with Crippen LogP contribution in [0.4, 0.5) is 8.78 Å². The van der Waals surface area contributed by atoms with Crippen molar-refractivity contribution in [2.45, 2.75) is 24.1 Å². The van der Waals surface area contributed by atoms with Crippen molar-refractivity contribution in [2.24, 2.45) is 0 Å². The van der Waals surface area contributed by atoms with Crippen LogP contribution >= 0.6 is 11.6 Å². The zero-order valence-electron chi connectivity index (χ0n) is 7.84. The van der Waals surface area contributed by atoms with Crippen molar-refractivity contribution in [3.05, 3.63) is 11.7 Å². The molecule has 2 rings (SSSR count). The van der Waals surface area contributed by atoms with E-state index in [1.807, 2.05) is 0 Å². The molecule has 15 heavy (non-hydrogen) atoms. The first-order chi connectivity index (χ1) is 7.07. The van der Waals surface area contributed by atoms with E-state index in [0.29, 0.717) is 5.82 Å². The first-order valence-electron chi connectivity index (χ1n) is 4.69. The van der Waals surface area contributed by atoms with Gasteiger partial charge in [-0.3, -0.25) is 0 Å². The summed E-state index contributed by atoms with van der Waals surface area (Å²) in [5, 5.41) is 3.12. The highest BCUT2D eigenvalue weighted by molar-refractivity contribution is 6.21. The van der Waals surface area contributed by atoms with Gasteiger partial charge in [-0.15, -0.1) is 0 Å². The van der Waals surface area contributed by atoms with Crippen molar-refractivity contribution in [1.29, 1.82) is 0 Å². The molecule has 4 nitrogen and oxygen atoms in total. The fourth-order valence-electron chi connectivity index (χ4n) is 1.60. The normalized spacial score (nSPS) is 19.4. The summed E-state index contributed by atoms with van der Waals surface area (Å²) in [6, 6.07) is 0. The number of nitrogens with zero attached hydrogens (tertiary/aromatic N) is 2. The number of hydrogen-bond donors (Lipinski definition) is 1. The molecule has 1 aromatic rings. The third kappa shape index (κ3) is 2.43. The van der Waals surface area contributed by atoms with Gasteiger partial charge < -0.3 is 9.84 Å². The Morgan fingerprint density at radius 2 is 2.07 bits per heavy atom. The maximum absolute atomic E-state index is 12.6. The van der Waals surface area contributed by atoms with Crippen LogP contribution in [-0.4, -0.2) is 23.2 Å². The molecule has 1 aliphatic rings. The maximum Gasteiger partial charge on any atom is 0.400 e. The van der Waals surface area contributed by atoms with E-state index in [1.54, 1.807) is 0 Å². The molecule has 1 saturated heterocycles. The Morgan fingerprint density at radius 1 is 1.40 bits per heavy atom. The minimum Gasteiger partial charge on any atom is -0.331 e. The highest BCUT2D eigenvalue weighted by atomic mass is 35.5. The lowest BCUT2D eigenvalue weighted by atomic mass is 9.98. The van der Waals surface area contributed by atoms with Crippen molar-refractivity contribution in [1.82, 2.24) is 15.5 Å². The number of nitrogens with one attached hydrogen (secondary N) is 1. The molecule has 0 aromatic carbocycles. The van der Waals surface area contributed by atoms with Crippen LogP contribution in [0, 0.1) is 0 Å². The van der Waals surface area contributed by atoms with Crippen LogP contribution in [0.15, 0.2) is 4.52 Å². The molecule has 1 N–H and O–H groups in total. The lowest BCUT2D eigenvalue weighted by Crippen LogP contribution is -2.27. The number of aromatic nitrogens is 2. The molecule has 0 aliphatic carbocycles. The molecule has 0 unspecified atom stereocenters. The van der Waals surface area contributed by atoms with Crippen LogP contribution in [0.25, 0.3) is 0 Å². The summed E-state index contributed by atoms with van der Waals surface area (Å²) in [4.78, 5) is 3.62. The Labute approximate surface area is 90.0 Å². The number of piperidine rings is 1. The quantitative estimate of drug-likeness (QED) is 0.798. The van der Waals surface area contributed by atoms with E-state index in [1.165, 1.54) is 0 Å². The van der Waals surface area contributed by atoms with Crippen molar-refractivity contribution >= 4 is 11.6 Å². The van der Waals surface area contributed by atoms with Crippen LogP contribution in [0.1, 0.15) is 30.5 Å². The van der Waals surface area contributed by atoms with Gasteiger partial charge in [0, 0.05) is 5.92 Å². The predicted molar refractivity (Wildman–Crippen MR) is 48.9 cm³/mol. The van der Waals surface area contributed by atoms with Crippen LogP contribution < -0.4 is 5.32 Å². The van der Waals surface area contributed by atoms with E-state index in [4.69, 9.17) is 11.6 Å². The Kier molecular flexibility index (Phi) is 2.88. The largest absolute Gasteiger partial charge is 0.400 e. The van der Waals surface area contributed by atoms with Crippen LogP contribution in [-0.2, 0) is 5.38 Å². The SMILES string of the molecule is FC(F)(Cl)c1nc(C2CCNCC2)no1. The zero-order chi connectivity index (χ0) is 10.9. The van der Waals surface area contributed by atoms with Gasteiger partial charge in [0.05, 0.1) is 0 Å². The van der Waals surface area contributed by atoms with Gasteiger partial charge in [0.25, 0.3) is 0 Å². The van der Waals surface area contributed by atoms with Crippen molar-refractivity contribution in [2.75, 3.05) is 13.1 Å². The molecule has 1 fully saturated rings. The number of rotatable bonds is 2. The topological polar surface area (TPSA) is 51.0 Å². The lowest BCUT2D eigenvalue weighted by molar-refractivity contribution is 0.0550. The summed E-state index contributed by atoms with van der Waals surface area (Å²) in [5.74, 6) is -0.410. The zero-order valence-corrected chi connectivity index (χ0v) is 8.60. The molecule has 7 heteroatoms. The van der Waals surface area contributed by atoms with Crippen LogP contribution in [0.5, 0.6) is 0 Å². The summed E-state index contributed by atoms with van der Waals surface area (Å²) in [6.07, 6.45) is 1.65. The highest BCUT2D eigenvalue weighted by Gasteiger charge is 2.36. The van der Waals surface area contributed by atoms with E-state index < -0.39 is 11.3 Å². The number of alkyl halides is 3.